The number of hydrogen-bond acceptors (Lipinski definition) is 2. The maximum Gasteiger partial charge on any atom is 0.182 e. The Balaban J connectivity index is 2.59. The first kappa shape index (κ1) is 13.0. The Bertz CT molecular complexity index is 581. The molecule has 0 spiro atoms. The molecule has 2 aromatic rings. The van der Waals surface area contributed by atoms with Crippen molar-refractivity contribution in [2.24, 2.45) is 0 Å². The molecule has 2 rings (SSSR count). The standard InChI is InChI=1S/C14H17FN2S/c1-3-5-12-13(17(4-2)14(16)18-12)10-6-8-11(15)9-7-10/h6-9,16H,3-5H2,1-2H3. The highest BCUT2D eigenvalue weighted by atomic mass is 32.1. The lowest BCUT2D eigenvalue weighted by atomic mass is 10.1. The summed E-state index contributed by atoms with van der Waals surface area (Å²) in [7, 11) is 0. The van der Waals surface area contributed by atoms with Crippen molar-refractivity contribution in [3.05, 3.63) is 39.8 Å². The molecule has 1 N–H and O–H groups in total. The zero-order chi connectivity index (χ0) is 13.1. The Morgan fingerprint density at radius 1 is 1.22 bits per heavy atom. The van der Waals surface area contributed by atoms with E-state index in [1.165, 1.54) is 28.3 Å². The Kier molecular flexibility index (Phi) is 3.97. The molecule has 0 aliphatic rings. The number of aromatic nitrogens is 1. The van der Waals surface area contributed by atoms with E-state index in [0.29, 0.717) is 4.80 Å². The van der Waals surface area contributed by atoms with Gasteiger partial charge in [0.25, 0.3) is 0 Å². The van der Waals surface area contributed by atoms with Crippen molar-refractivity contribution < 1.29 is 4.39 Å². The predicted molar refractivity (Wildman–Crippen MR) is 73.2 cm³/mol. The molecule has 0 fully saturated rings. The average Bonchev–Trinajstić information content (AvgIpc) is 2.67. The van der Waals surface area contributed by atoms with Crippen LogP contribution in [0.25, 0.3) is 11.3 Å². The summed E-state index contributed by atoms with van der Waals surface area (Å²) >= 11 is 1.53. The normalized spacial score (nSPS) is 10.8. The first-order valence-corrected chi connectivity index (χ1v) is 7.02. The minimum absolute atomic E-state index is 0.222. The van der Waals surface area contributed by atoms with Crippen molar-refractivity contribution in [3.8, 4) is 11.3 Å². The lowest BCUT2D eigenvalue weighted by Crippen LogP contribution is -2.12. The molecule has 0 saturated heterocycles. The van der Waals surface area contributed by atoms with Gasteiger partial charge in [0.2, 0.25) is 0 Å². The monoisotopic (exact) mass is 264 g/mol. The molecule has 0 radical (unpaired) electrons. The van der Waals surface area contributed by atoms with Crippen molar-refractivity contribution in [1.29, 1.82) is 5.41 Å². The van der Waals surface area contributed by atoms with Gasteiger partial charge in [0.15, 0.2) is 4.80 Å². The summed E-state index contributed by atoms with van der Waals surface area (Å²) in [6.45, 7) is 4.94. The smallest absolute Gasteiger partial charge is 0.182 e. The highest BCUT2D eigenvalue weighted by molar-refractivity contribution is 7.09. The molecule has 0 amide bonds. The fourth-order valence-corrected chi connectivity index (χ4v) is 3.29. The molecule has 96 valence electrons. The Hall–Kier alpha value is -1.42. The third-order valence-corrected chi connectivity index (χ3v) is 3.97. The Labute approximate surface area is 110 Å². The summed E-state index contributed by atoms with van der Waals surface area (Å²) < 4.78 is 15.0. The van der Waals surface area contributed by atoms with Gasteiger partial charge in [0.1, 0.15) is 5.82 Å². The number of nitrogens with one attached hydrogen (secondary N) is 1. The summed E-state index contributed by atoms with van der Waals surface area (Å²) in [5, 5.41) is 8.01. The summed E-state index contributed by atoms with van der Waals surface area (Å²) in [5.41, 5.74) is 2.07. The van der Waals surface area contributed by atoms with Gasteiger partial charge >= 0.3 is 0 Å². The third-order valence-electron chi connectivity index (χ3n) is 2.91. The predicted octanol–water partition coefficient (Wildman–Crippen LogP) is 3.81. The van der Waals surface area contributed by atoms with E-state index < -0.39 is 0 Å². The molecule has 0 atom stereocenters. The third kappa shape index (κ3) is 2.38. The SMILES string of the molecule is CCCc1sc(=N)n(CC)c1-c1ccc(F)cc1. The summed E-state index contributed by atoms with van der Waals surface area (Å²) in [6, 6.07) is 6.54. The summed E-state index contributed by atoms with van der Waals surface area (Å²) in [6.07, 6.45) is 2.02. The highest BCUT2D eigenvalue weighted by Crippen LogP contribution is 2.27. The van der Waals surface area contributed by atoms with Crippen LogP contribution in [0.2, 0.25) is 0 Å². The van der Waals surface area contributed by atoms with Gasteiger partial charge in [-0.25, -0.2) is 4.39 Å². The number of aryl methyl sites for hydroxylation is 1. The summed E-state index contributed by atoms with van der Waals surface area (Å²) in [5.74, 6) is -0.222. The van der Waals surface area contributed by atoms with E-state index in [1.807, 2.05) is 11.5 Å². The van der Waals surface area contributed by atoms with Gasteiger partial charge < -0.3 is 4.57 Å². The van der Waals surface area contributed by atoms with Crippen LogP contribution in [0.4, 0.5) is 4.39 Å². The summed E-state index contributed by atoms with van der Waals surface area (Å²) in [4.78, 5) is 1.79. The van der Waals surface area contributed by atoms with Gasteiger partial charge in [-0.1, -0.05) is 13.3 Å². The molecule has 0 aliphatic heterocycles. The van der Waals surface area contributed by atoms with Crippen molar-refractivity contribution in [1.82, 2.24) is 4.57 Å². The second-order valence-corrected chi connectivity index (χ2v) is 5.26. The van der Waals surface area contributed by atoms with Crippen LogP contribution in [0.3, 0.4) is 0 Å². The van der Waals surface area contributed by atoms with Crippen LogP contribution >= 0.6 is 11.3 Å². The Morgan fingerprint density at radius 2 is 1.89 bits per heavy atom. The van der Waals surface area contributed by atoms with Crippen LogP contribution in [0.15, 0.2) is 24.3 Å². The average molecular weight is 264 g/mol. The van der Waals surface area contributed by atoms with Gasteiger partial charge in [0, 0.05) is 11.4 Å². The second kappa shape index (κ2) is 5.48. The van der Waals surface area contributed by atoms with Crippen molar-refractivity contribution in [3.63, 3.8) is 0 Å². The number of hydrogen-bond donors (Lipinski definition) is 1. The molecular formula is C14H17FN2S. The number of thiazole rings is 1. The molecular weight excluding hydrogens is 247 g/mol. The zero-order valence-electron chi connectivity index (χ0n) is 10.7. The molecule has 2 nitrogen and oxygen atoms in total. The molecule has 18 heavy (non-hydrogen) atoms. The van der Waals surface area contributed by atoms with E-state index in [9.17, 15) is 4.39 Å². The molecule has 1 heterocycles. The molecule has 1 aromatic carbocycles. The van der Waals surface area contributed by atoms with E-state index in [4.69, 9.17) is 5.41 Å². The maximum atomic E-state index is 13.0. The lowest BCUT2D eigenvalue weighted by Gasteiger charge is -2.08. The number of benzene rings is 1. The largest absolute Gasteiger partial charge is 0.317 e. The fourth-order valence-electron chi connectivity index (χ4n) is 2.09. The van der Waals surface area contributed by atoms with Gasteiger partial charge in [-0.15, -0.1) is 11.3 Å². The van der Waals surface area contributed by atoms with Gasteiger partial charge in [0.05, 0.1) is 5.69 Å². The van der Waals surface area contributed by atoms with Crippen LogP contribution in [-0.2, 0) is 13.0 Å². The minimum atomic E-state index is -0.222. The number of halogens is 1. The maximum absolute atomic E-state index is 13.0. The molecule has 0 saturated carbocycles. The first-order valence-electron chi connectivity index (χ1n) is 6.20. The highest BCUT2D eigenvalue weighted by Gasteiger charge is 2.13. The van der Waals surface area contributed by atoms with Crippen molar-refractivity contribution >= 4 is 11.3 Å². The van der Waals surface area contributed by atoms with E-state index in [0.717, 1.165) is 30.6 Å². The van der Waals surface area contributed by atoms with Gasteiger partial charge in [-0.05, 0) is 43.2 Å². The quantitative estimate of drug-likeness (QED) is 0.870. The van der Waals surface area contributed by atoms with Crippen LogP contribution < -0.4 is 4.80 Å². The second-order valence-electron chi connectivity index (χ2n) is 4.18. The number of rotatable bonds is 4. The fraction of sp³-hybridized carbons (Fsp3) is 0.357. The molecule has 0 bridgehead atoms. The molecule has 4 heteroatoms. The van der Waals surface area contributed by atoms with Crippen molar-refractivity contribution in [2.45, 2.75) is 33.2 Å². The minimum Gasteiger partial charge on any atom is -0.317 e. The van der Waals surface area contributed by atoms with Crippen LogP contribution in [0.5, 0.6) is 0 Å². The first-order chi connectivity index (χ1) is 8.67. The van der Waals surface area contributed by atoms with E-state index in [2.05, 4.69) is 6.92 Å². The molecule has 1 aromatic heterocycles. The van der Waals surface area contributed by atoms with E-state index in [1.54, 1.807) is 12.1 Å². The van der Waals surface area contributed by atoms with Gasteiger partial charge in [-0.2, -0.15) is 0 Å². The van der Waals surface area contributed by atoms with Crippen LogP contribution in [0, 0.1) is 11.2 Å². The van der Waals surface area contributed by atoms with E-state index in [-0.39, 0.29) is 5.82 Å². The van der Waals surface area contributed by atoms with Crippen LogP contribution in [0.1, 0.15) is 25.1 Å². The molecule has 0 aliphatic carbocycles. The Morgan fingerprint density at radius 3 is 2.44 bits per heavy atom. The van der Waals surface area contributed by atoms with Crippen molar-refractivity contribution in [2.75, 3.05) is 0 Å². The topological polar surface area (TPSA) is 28.8 Å². The molecule has 0 unspecified atom stereocenters. The number of nitrogens with zero attached hydrogens (tertiary/aromatic N) is 1. The van der Waals surface area contributed by atoms with E-state index >= 15 is 0 Å². The lowest BCUT2D eigenvalue weighted by molar-refractivity contribution is 0.628. The van der Waals surface area contributed by atoms with Crippen LogP contribution in [-0.4, -0.2) is 4.57 Å². The van der Waals surface area contributed by atoms with Gasteiger partial charge in [-0.3, -0.25) is 5.41 Å². The zero-order valence-corrected chi connectivity index (χ0v) is 11.5.